The maximum absolute atomic E-state index is 12.5. The van der Waals surface area contributed by atoms with E-state index < -0.39 is 0 Å². The highest BCUT2D eigenvalue weighted by molar-refractivity contribution is 6.05. The number of nitrogens with zero attached hydrogens (tertiary/aromatic N) is 1. The Kier molecular flexibility index (Phi) is 7.18. The Morgan fingerprint density at radius 3 is 2.44 bits per heavy atom. The first kappa shape index (κ1) is 20.7. The SMILES string of the molecule is CCOC(=O)CN(CC(=O)Nc1cc2c(cc1C(C)=O)OCO2)CC(C)C. The van der Waals surface area contributed by atoms with Crippen LogP contribution in [0, 0.1) is 5.92 Å². The highest BCUT2D eigenvalue weighted by atomic mass is 16.7. The van der Waals surface area contributed by atoms with Crippen LogP contribution >= 0.6 is 0 Å². The first-order chi connectivity index (χ1) is 12.8. The van der Waals surface area contributed by atoms with Gasteiger partial charge >= 0.3 is 5.97 Å². The smallest absolute Gasteiger partial charge is 0.320 e. The molecule has 1 heterocycles. The summed E-state index contributed by atoms with van der Waals surface area (Å²) in [7, 11) is 0. The van der Waals surface area contributed by atoms with Crippen molar-refractivity contribution in [2.45, 2.75) is 27.7 Å². The Balaban J connectivity index is 2.10. The molecule has 0 saturated carbocycles. The molecule has 1 amide bonds. The Bertz CT molecular complexity index is 716. The zero-order chi connectivity index (χ0) is 20.0. The minimum Gasteiger partial charge on any atom is -0.465 e. The van der Waals surface area contributed by atoms with Crippen molar-refractivity contribution >= 4 is 23.3 Å². The van der Waals surface area contributed by atoms with Crippen molar-refractivity contribution in [1.82, 2.24) is 4.90 Å². The molecule has 0 spiro atoms. The number of ether oxygens (including phenoxy) is 3. The quantitative estimate of drug-likeness (QED) is 0.519. The van der Waals surface area contributed by atoms with Crippen molar-refractivity contribution in [3.05, 3.63) is 17.7 Å². The van der Waals surface area contributed by atoms with E-state index in [1.807, 2.05) is 13.8 Å². The molecular formula is C19H26N2O6. The van der Waals surface area contributed by atoms with Crippen molar-refractivity contribution in [3.8, 4) is 11.5 Å². The van der Waals surface area contributed by atoms with Crippen LogP contribution in [0.15, 0.2) is 12.1 Å². The molecule has 0 saturated heterocycles. The largest absolute Gasteiger partial charge is 0.465 e. The van der Waals surface area contributed by atoms with E-state index in [9.17, 15) is 14.4 Å². The average Bonchev–Trinajstić information content (AvgIpc) is 3.00. The number of hydrogen-bond donors (Lipinski definition) is 1. The van der Waals surface area contributed by atoms with E-state index in [0.717, 1.165) is 0 Å². The Morgan fingerprint density at radius 2 is 1.85 bits per heavy atom. The van der Waals surface area contributed by atoms with Crippen LogP contribution in [0.3, 0.4) is 0 Å². The zero-order valence-corrected chi connectivity index (χ0v) is 16.2. The van der Waals surface area contributed by atoms with Gasteiger partial charge in [0.2, 0.25) is 12.7 Å². The molecule has 8 nitrogen and oxygen atoms in total. The van der Waals surface area contributed by atoms with Gasteiger partial charge in [0, 0.05) is 18.2 Å². The molecule has 1 aliphatic rings. The maximum atomic E-state index is 12.5. The molecule has 1 aliphatic heterocycles. The number of amides is 1. The number of ketones is 1. The number of hydrogen-bond acceptors (Lipinski definition) is 7. The number of anilines is 1. The van der Waals surface area contributed by atoms with E-state index >= 15 is 0 Å². The molecule has 0 aromatic heterocycles. The minimum atomic E-state index is -0.376. The lowest BCUT2D eigenvalue weighted by atomic mass is 10.1. The maximum Gasteiger partial charge on any atom is 0.320 e. The standard InChI is InChI=1S/C19H26N2O6/c1-5-25-19(24)10-21(8-12(2)3)9-18(23)20-15-7-17-16(26-11-27-17)6-14(15)13(4)22/h6-7,12H,5,8-11H2,1-4H3,(H,20,23). The van der Waals surface area contributed by atoms with Crippen molar-refractivity contribution in [1.29, 1.82) is 0 Å². The van der Waals surface area contributed by atoms with Crippen LogP contribution in [0.4, 0.5) is 5.69 Å². The van der Waals surface area contributed by atoms with Gasteiger partial charge in [-0.05, 0) is 25.8 Å². The fourth-order valence-corrected chi connectivity index (χ4v) is 2.82. The van der Waals surface area contributed by atoms with Gasteiger partial charge in [-0.2, -0.15) is 0 Å². The number of nitrogens with one attached hydrogen (secondary N) is 1. The summed E-state index contributed by atoms with van der Waals surface area (Å²) in [4.78, 5) is 37.9. The summed E-state index contributed by atoms with van der Waals surface area (Å²) >= 11 is 0. The molecule has 0 radical (unpaired) electrons. The third-order valence-electron chi connectivity index (χ3n) is 3.81. The Labute approximate surface area is 158 Å². The lowest BCUT2D eigenvalue weighted by molar-refractivity contribution is -0.144. The summed E-state index contributed by atoms with van der Waals surface area (Å²) in [6, 6.07) is 3.14. The first-order valence-electron chi connectivity index (χ1n) is 8.92. The van der Waals surface area contributed by atoms with Crippen LogP contribution < -0.4 is 14.8 Å². The highest BCUT2D eigenvalue weighted by Gasteiger charge is 2.22. The van der Waals surface area contributed by atoms with Gasteiger partial charge in [0.25, 0.3) is 0 Å². The van der Waals surface area contributed by atoms with Gasteiger partial charge in [-0.3, -0.25) is 19.3 Å². The third-order valence-corrected chi connectivity index (χ3v) is 3.81. The average molecular weight is 378 g/mol. The summed E-state index contributed by atoms with van der Waals surface area (Å²) in [6.45, 7) is 8.12. The first-order valence-corrected chi connectivity index (χ1v) is 8.92. The van der Waals surface area contributed by atoms with Crippen LogP contribution in [-0.2, 0) is 14.3 Å². The van der Waals surface area contributed by atoms with Crippen LogP contribution in [0.5, 0.6) is 11.5 Å². The van der Waals surface area contributed by atoms with Gasteiger partial charge < -0.3 is 19.5 Å². The second kappa shape index (κ2) is 9.36. The molecule has 1 aromatic carbocycles. The molecule has 148 valence electrons. The topological polar surface area (TPSA) is 94.2 Å². The molecule has 0 unspecified atom stereocenters. The summed E-state index contributed by atoms with van der Waals surface area (Å²) in [5, 5.41) is 2.74. The summed E-state index contributed by atoms with van der Waals surface area (Å²) < 4.78 is 15.6. The fraction of sp³-hybridized carbons (Fsp3) is 0.526. The van der Waals surface area contributed by atoms with Crippen LogP contribution in [0.2, 0.25) is 0 Å². The Morgan fingerprint density at radius 1 is 1.19 bits per heavy atom. The second-order valence-electron chi connectivity index (χ2n) is 6.72. The monoisotopic (exact) mass is 378 g/mol. The van der Waals surface area contributed by atoms with Gasteiger partial charge in [-0.15, -0.1) is 0 Å². The van der Waals surface area contributed by atoms with Crippen molar-refractivity contribution < 1.29 is 28.6 Å². The van der Waals surface area contributed by atoms with E-state index in [1.54, 1.807) is 24.0 Å². The van der Waals surface area contributed by atoms with E-state index in [4.69, 9.17) is 14.2 Å². The molecule has 2 rings (SSSR count). The van der Waals surface area contributed by atoms with Gasteiger partial charge in [0.05, 0.1) is 25.4 Å². The normalized spacial score (nSPS) is 12.4. The molecule has 0 fully saturated rings. The van der Waals surface area contributed by atoms with Crippen LogP contribution in [0.25, 0.3) is 0 Å². The molecule has 0 atom stereocenters. The predicted octanol–water partition coefficient (Wildman–Crippen LogP) is 2.08. The number of esters is 1. The number of fused-ring (bicyclic) bond motifs is 1. The lowest BCUT2D eigenvalue weighted by Gasteiger charge is -2.23. The molecule has 0 aliphatic carbocycles. The minimum absolute atomic E-state index is 0.00276. The zero-order valence-electron chi connectivity index (χ0n) is 16.2. The van der Waals surface area contributed by atoms with E-state index in [2.05, 4.69) is 5.32 Å². The number of benzene rings is 1. The Hall–Kier alpha value is -2.61. The molecule has 27 heavy (non-hydrogen) atoms. The molecular weight excluding hydrogens is 352 g/mol. The van der Waals surface area contributed by atoms with Gasteiger partial charge in [-0.1, -0.05) is 13.8 Å². The summed E-state index contributed by atoms with van der Waals surface area (Å²) in [5.74, 6) is 0.308. The highest BCUT2D eigenvalue weighted by Crippen LogP contribution is 2.37. The number of rotatable bonds is 9. The summed E-state index contributed by atoms with van der Waals surface area (Å²) in [5.41, 5.74) is 0.700. The van der Waals surface area contributed by atoms with Crippen molar-refractivity contribution in [3.63, 3.8) is 0 Å². The van der Waals surface area contributed by atoms with E-state index in [0.29, 0.717) is 35.9 Å². The predicted molar refractivity (Wildman–Crippen MR) is 99.1 cm³/mol. The number of Topliss-reactive ketones (excluding diaryl/α,β-unsaturated/α-hetero) is 1. The van der Waals surface area contributed by atoms with Crippen molar-refractivity contribution in [2.75, 3.05) is 38.4 Å². The van der Waals surface area contributed by atoms with Crippen LogP contribution in [0.1, 0.15) is 38.1 Å². The third kappa shape index (κ3) is 5.96. The van der Waals surface area contributed by atoms with Crippen LogP contribution in [-0.4, -0.2) is 55.6 Å². The van der Waals surface area contributed by atoms with Gasteiger partial charge in [0.15, 0.2) is 17.3 Å². The fourth-order valence-electron chi connectivity index (χ4n) is 2.82. The van der Waals surface area contributed by atoms with Gasteiger partial charge in [0.1, 0.15) is 0 Å². The molecule has 1 aromatic rings. The number of carbonyl (C=O) groups is 3. The summed E-state index contributed by atoms with van der Waals surface area (Å²) in [6.07, 6.45) is 0. The van der Waals surface area contributed by atoms with Gasteiger partial charge in [-0.25, -0.2) is 0 Å². The molecule has 0 bridgehead atoms. The van der Waals surface area contributed by atoms with Crippen molar-refractivity contribution in [2.24, 2.45) is 5.92 Å². The molecule has 1 N–H and O–H groups in total. The van der Waals surface area contributed by atoms with E-state index in [1.165, 1.54) is 6.92 Å². The lowest BCUT2D eigenvalue weighted by Crippen LogP contribution is -2.39. The second-order valence-corrected chi connectivity index (χ2v) is 6.72. The molecule has 8 heteroatoms. The van der Waals surface area contributed by atoms with E-state index in [-0.39, 0.29) is 43.5 Å². The number of carbonyl (C=O) groups excluding carboxylic acids is 3.